The lowest BCUT2D eigenvalue weighted by atomic mass is 9.91. The fraction of sp³-hybridized carbons (Fsp3) is 0.417. The summed E-state index contributed by atoms with van der Waals surface area (Å²) in [7, 11) is 0. The minimum absolute atomic E-state index is 0.00651. The van der Waals surface area contributed by atoms with E-state index in [0.717, 1.165) is 12.1 Å². The van der Waals surface area contributed by atoms with E-state index in [-0.39, 0.29) is 67.0 Å². The third-order valence-electron chi connectivity index (χ3n) is 6.21. The third kappa shape index (κ3) is 5.11. The Kier molecular flexibility index (Phi) is 6.65. The number of fused-ring (bicyclic) bond motifs is 1. The average Bonchev–Trinajstić information content (AvgIpc) is 3.27. The van der Waals surface area contributed by atoms with Crippen LogP contribution in [-0.4, -0.2) is 66.9 Å². The van der Waals surface area contributed by atoms with Gasteiger partial charge in [0, 0.05) is 41.2 Å². The van der Waals surface area contributed by atoms with Crippen molar-refractivity contribution < 1.29 is 46.0 Å². The number of benzene rings is 1. The summed E-state index contributed by atoms with van der Waals surface area (Å²) >= 11 is 0. The number of aliphatic imine (C=N–C) groups is 1. The Morgan fingerprint density at radius 1 is 1.18 bits per heavy atom. The highest BCUT2D eigenvalue weighted by molar-refractivity contribution is 5.90. The number of ether oxygens (including phenoxy) is 4. The first-order chi connectivity index (χ1) is 18.0. The molecule has 0 bridgehead atoms. The molecule has 0 amide bonds. The van der Waals surface area contributed by atoms with Crippen LogP contribution in [0.5, 0.6) is 11.5 Å². The molecule has 4 heterocycles. The molecule has 0 saturated carbocycles. The Balaban J connectivity index is 1.41. The monoisotopic (exact) mass is 542 g/mol. The molecule has 3 aromatic rings. The number of alkyl halides is 3. The van der Waals surface area contributed by atoms with Gasteiger partial charge in [0.25, 0.3) is 6.02 Å². The van der Waals surface area contributed by atoms with E-state index in [9.17, 15) is 18.3 Å². The number of nitrogens with one attached hydrogen (secondary N) is 2. The van der Waals surface area contributed by atoms with Gasteiger partial charge in [0.05, 0.1) is 31.8 Å². The molecule has 1 unspecified atom stereocenters. The molecule has 0 spiro atoms. The van der Waals surface area contributed by atoms with Crippen molar-refractivity contribution in [2.24, 2.45) is 10.4 Å². The van der Waals surface area contributed by atoms with E-state index in [1.165, 1.54) is 18.5 Å². The summed E-state index contributed by atoms with van der Waals surface area (Å²) in [6.45, 7) is 0.255. The molecular formula is C24H23F5N4O5. The lowest BCUT2D eigenvalue weighted by molar-refractivity contribution is -0.267. The summed E-state index contributed by atoms with van der Waals surface area (Å²) in [5, 5.41) is 12.3. The Morgan fingerprint density at radius 2 is 1.92 bits per heavy atom. The third-order valence-corrected chi connectivity index (χ3v) is 6.21. The van der Waals surface area contributed by atoms with Gasteiger partial charge in [-0.15, -0.1) is 0 Å². The van der Waals surface area contributed by atoms with Crippen LogP contribution < -0.4 is 10.1 Å². The Bertz CT molecular complexity index is 1350. The molecule has 14 heteroatoms. The molecule has 1 aromatic carbocycles. The maximum Gasteiger partial charge on any atom is 0.411 e. The first kappa shape index (κ1) is 26.1. The highest BCUT2D eigenvalue weighted by atomic mass is 19.4. The number of hydrogen-bond donors (Lipinski definition) is 3. The van der Waals surface area contributed by atoms with Crippen molar-refractivity contribution >= 4 is 22.7 Å². The molecule has 9 nitrogen and oxygen atoms in total. The van der Waals surface area contributed by atoms with Crippen LogP contribution >= 0.6 is 0 Å². The molecule has 204 valence electrons. The molecule has 1 atom stereocenters. The van der Waals surface area contributed by atoms with Crippen LogP contribution in [0, 0.1) is 17.0 Å². The van der Waals surface area contributed by atoms with Crippen LogP contribution in [0.1, 0.15) is 12.5 Å². The minimum Gasteiger partial charge on any atom is -0.464 e. The Morgan fingerprint density at radius 3 is 2.50 bits per heavy atom. The van der Waals surface area contributed by atoms with Crippen LogP contribution in [0.25, 0.3) is 11.0 Å². The van der Waals surface area contributed by atoms with Crippen molar-refractivity contribution in [3.8, 4) is 11.5 Å². The van der Waals surface area contributed by atoms with Crippen LogP contribution in [0.15, 0.2) is 35.6 Å². The van der Waals surface area contributed by atoms with Crippen LogP contribution in [-0.2, 0) is 19.8 Å². The molecule has 3 N–H and O–H groups in total. The fourth-order valence-electron chi connectivity index (χ4n) is 4.03. The van der Waals surface area contributed by atoms with Crippen molar-refractivity contribution in [1.29, 1.82) is 0 Å². The largest absolute Gasteiger partial charge is 0.464 e. The topological polar surface area (TPSA) is 110 Å². The molecular weight excluding hydrogens is 519 g/mol. The molecule has 38 heavy (non-hydrogen) atoms. The number of aliphatic hydroxyl groups excluding tert-OH is 1. The molecule has 1 saturated heterocycles. The van der Waals surface area contributed by atoms with Gasteiger partial charge in [-0.25, -0.2) is 18.8 Å². The van der Waals surface area contributed by atoms with Gasteiger partial charge < -0.3 is 34.4 Å². The predicted molar refractivity (Wildman–Crippen MR) is 124 cm³/mol. The summed E-state index contributed by atoms with van der Waals surface area (Å²) in [4.78, 5) is 11.1. The van der Waals surface area contributed by atoms with E-state index in [0.29, 0.717) is 0 Å². The van der Waals surface area contributed by atoms with E-state index in [1.807, 2.05) is 0 Å². The number of pyridine rings is 1. The van der Waals surface area contributed by atoms with Gasteiger partial charge in [-0.2, -0.15) is 13.2 Å². The quantitative estimate of drug-likeness (QED) is 0.383. The van der Waals surface area contributed by atoms with Crippen molar-refractivity contribution in [1.82, 2.24) is 9.97 Å². The minimum atomic E-state index is -4.57. The first-order valence-electron chi connectivity index (χ1n) is 11.5. The van der Waals surface area contributed by atoms with Gasteiger partial charge in [0.15, 0.2) is 17.4 Å². The van der Waals surface area contributed by atoms with Gasteiger partial charge in [-0.3, -0.25) is 0 Å². The fourth-order valence-corrected chi connectivity index (χ4v) is 4.03. The second-order valence-electron chi connectivity index (χ2n) is 9.50. The number of halogens is 5. The van der Waals surface area contributed by atoms with Crippen molar-refractivity contribution in [3.63, 3.8) is 0 Å². The highest BCUT2D eigenvalue weighted by Gasteiger charge is 2.47. The highest BCUT2D eigenvalue weighted by Crippen LogP contribution is 2.43. The number of aliphatic hydroxyl groups is 1. The van der Waals surface area contributed by atoms with Gasteiger partial charge in [-0.1, -0.05) is 6.92 Å². The number of amidine groups is 1. The van der Waals surface area contributed by atoms with Crippen molar-refractivity contribution in [2.45, 2.75) is 18.7 Å². The number of aromatic nitrogens is 2. The molecule has 0 aliphatic carbocycles. The number of anilines is 1. The van der Waals surface area contributed by atoms with E-state index >= 15 is 8.78 Å². The number of rotatable bonds is 7. The van der Waals surface area contributed by atoms with Gasteiger partial charge in [0.2, 0.25) is 0 Å². The maximum absolute atomic E-state index is 15.0. The number of hydrogen-bond acceptors (Lipinski definition) is 8. The summed E-state index contributed by atoms with van der Waals surface area (Å²) in [6, 6.07) is 3.34. The second kappa shape index (κ2) is 9.67. The predicted octanol–water partition coefficient (Wildman–Crippen LogP) is 4.23. The van der Waals surface area contributed by atoms with E-state index < -0.39 is 41.2 Å². The van der Waals surface area contributed by atoms with E-state index in [1.54, 1.807) is 6.92 Å². The zero-order chi connectivity index (χ0) is 27.1. The number of aromatic amines is 1. The zero-order valence-corrected chi connectivity index (χ0v) is 20.0. The molecule has 2 aliphatic heterocycles. The second-order valence-corrected chi connectivity index (χ2v) is 9.50. The maximum atomic E-state index is 15.0. The van der Waals surface area contributed by atoms with Crippen LogP contribution in [0.4, 0.5) is 27.6 Å². The van der Waals surface area contributed by atoms with Crippen molar-refractivity contribution in [2.75, 3.05) is 44.9 Å². The van der Waals surface area contributed by atoms with Crippen molar-refractivity contribution in [3.05, 3.63) is 47.8 Å². The first-order valence-corrected chi connectivity index (χ1v) is 11.5. The summed E-state index contributed by atoms with van der Waals surface area (Å²) < 4.78 is 90.0. The normalized spacial score (nSPS) is 21.0. The summed E-state index contributed by atoms with van der Waals surface area (Å²) in [6.07, 6.45) is -1.83. The van der Waals surface area contributed by atoms with Gasteiger partial charge in [0.1, 0.15) is 30.2 Å². The zero-order valence-electron chi connectivity index (χ0n) is 20.0. The van der Waals surface area contributed by atoms with Gasteiger partial charge in [-0.05, 0) is 6.07 Å². The smallest absolute Gasteiger partial charge is 0.411 e. The Labute approximate surface area is 212 Å². The van der Waals surface area contributed by atoms with Crippen LogP contribution in [0.2, 0.25) is 0 Å². The summed E-state index contributed by atoms with van der Waals surface area (Å²) in [5.41, 5.74) is -1.50. The lowest BCUT2D eigenvalue weighted by Gasteiger charge is -2.41. The van der Waals surface area contributed by atoms with E-state index in [2.05, 4.69) is 20.3 Å². The number of H-pyrrole nitrogens is 1. The molecule has 5 rings (SSSR count). The summed E-state index contributed by atoms with van der Waals surface area (Å²) in [5.74, 6) is -2.89. The standard InChI is InChI=1S/C24H23F5N4O5/c1-22(8-34)7-32-21(36-9-22)33-13-4-15(25)19(16(26)5-13)38-17-2-3-30-20-18(17)14(6-31-20)23(10-35-11-23)37-12-24(27,28)29/h2-6,34H,7-12H2,1H3,(H,30,31)(H,32,33). The molecule has 1 fully saturated rings. The average molecular weight is 542 g/mol. The molecule has 0 radical (unpaired) electrons. The lowest BCUT2D eigenvalue weighted by Crippen LogP contribution is -2.50. The van der Waals surface area contributed by atoms with Crippen LogP contribution in [0.3, 0.4) is 0 Å². The van der Waals surface area contributed by atoms with E-state index in [4.69, 9.17) is 18.9 Å². The SMILES string of the molecule is CC1(CO)CN=C(Nc2cc(F)c(Oc3ccnc4[nH]cc(C5(OCC(F)(F)F)COC5)c34)c(F)c2)OC1. The molecule has 2 aromatic heterocycles. The van der Waals surface area contributed by atoms with Gasteiger partial charge >= 0.3 is 6.18 Å². The molecule has 2 aliphatic rings. The Hall–Kier alpha value is -3.49. The number of nitrogens with zero attached hydrogens (tertiary/aromatic N) is 2.